The van der Waals surface area contributed by atoms with Crippen molar-refractivity contribution < 1.29 is 18.6 Å². The summed E-state index contributed by atoms with van der Waals surface area (Å²) in [6.45, 7) is 4.51. The van der Waals surface area contributed by atoms with Gasteiger partial charge in [-0.05, 0) is 67.5 Å². The summed E-state index contributed by atoms with van der Waals surface area (Å²) in [6.07, 6.45) is 0. The molecule has 2 rings (SSSR count). The van der Waals surface area contributed by atoms with Gasteiger partial charge in [-0.25, -0.2) is 8.78 Å². The number of halogens is 5. The number of rotatable bonds is 2. The summed E-state index contributed by atoms with van der Waals surface area (Å²) in [6, 6.07) is 8.12. The monoisotopic (exact) mass is 564 g/mol. The number of alkyl halides is 1. The van der Waals surface area contributed by atoms with Crippen molar-refractivity contribution in [3.63, 3.8) is 0 Å². The molecule has 0 unspecified atom stereocenters. The average Bonchev–Trinajstić information content (AvgIpc) is 2.49. The molecule has 2 nitrogen and oxygen atoms in total. The lowest BCUT2D eigenvalue weighted by Gasteiger charge is -2.04. The number of aromatic hydroxyl groups is 1. The summed E-state index contributed by atoms with van der Waals surface area (Å²) < 4.78 is 32.4. The van der Waals surface area contributed by atoms with Gasteiger partial charge >= 0.3 is 0 Å². The van der Waals surface area contributed by atoms with Crippen molar-refractivity contribution in [3.05, 3.63) is 57.0 Å². The van der Waals surface area contributed by atoms with Gasteiger partial charge < -0.3 is 9.84 Å². The van der Waals surface area contributed by atoms with Gasteiger partial charge in [0.15, 0.2) is 0 Å². The second-order valence-electron chi connectivity index (χ2n) is 3.87. The Bertz CT molecular complexity index is 598. The van der Waals surface area contributed by atoms with Gasteiger partial charge in [0.05, 0.1) is 15.6 Å². The van der Waals surface area contributed by atoms with Crippen LogP contribution < -0.4 is 4.74 Å². The SMILES string of the molecule is CCI.CCOc1cc(F)ccc1Br.Oc1cc(F)ccc1Br. The van der Waals surface area contributed by atoms with E-state index < -0.39 is 5.82 Å². The van der Waals surface area contributed by atoms with Crippen LogP contribution >= 0.6 is 54.5 Å². The molecule has 0 spiro atoms. The van der Waals surface area contributed by atoms with Gasteiger partial charge in [0.2, 0.25) is 0 Å². The number of hydrogen-bond acceptors (Lipinski definition) is 2. The van der Waals surface area contributed by atoms with Crippen LogP contribution in [0.15, 0.2) is 45.3 Å². The van der Waals surface area contributed by atoms with Crippen molar-refractivity contribution in [1.29, 1.82) is 0 Å². The van der Waals surface area contributed by atoms with Crippen LogP contribution in [0.4, 0.5) is 8.78 Å². The first-order valence-electron chi connectivity index (χ1n) is 6.63. The van der Waals surface area contributed by atoms with E-state index in [-0.39, 0.29) is 11.6 Å². The number of benzene rings is 2. The van der Waals surface area contributed by atoms with Crippen LogP contribution in [0, 0.1) is 11.6 Å². The highest BCUT2D eigenvalue weighted by atomic mass is 127. The highest BCUT2D eigenvalue weighted by Crippen LogP contribution is 2.25. The van der Waals surface area contributed by atoms with Gasteiger partial charge in [-0.2, -0.15) is 0 Å². The molecule has 2 aromatic carbocycles. The Morgan fingerprint density at radius 3 is 1.91 bits per heavy atom. The van der Waals surface area contributed by atoms with Crippen molar-refractivity contribution in [3.8, 4) is 11.5 Å². The smallest absolute Gasteiger partial charge is 0.136 e. The van der Waals surface area contributed by atoms with Gasteiger partial charge in [0.25, 0.3) is 0 Å². The van der Waals surface area contributed by atoms with E-state index in [9.17, 15) is 8.78 Å². The molecule has 0 radical (unpaired) electrons. The zero-order valence-corrected chi connectivity index (χ0v) is 18.0. The normalized spacial score (nSPS) is 9.17. The molecule has 23 heavy (non-hydrogen) atoms. The summed E-state index contributed by atoms with van der Waals surface area (Å²) >= 11 is 8.54. The fraction of sp³-hybridized carbons (Fsp3) is 0.250. The molecule has 128 valence electrons. The summed E-state index contributed by atoms with van der Waals surface area (Å²) in [5.74, 6) is -0.241. The maximum atomic E-state index is 12.6. The minimum atomic E-state index is -0.435. The van der Waals surface area contributed by atoms with Crippen LogP contribution in [0.1, 0.15) is 13.8 Å². The van der Waals surface area contributed by atoms with E-state index in [1.54, 1.807) is 6.07 Å². The molecule has 0 saturated heterocycles. The Kier molecular flexibility index (Phi) is 12.7. The van der Waals surface area contributed by atoms with Crippen molar-refractivity contribution in [2.45, 2.75) is 13.8 Å². The number of phenolic OH excluding ortho intramolecular Hbond substituents is 1. The quantitative estimate of drug-likeness (QED) is 0.323. The first-order valence-corrected chi connectivity index (χ1v) is 9.74. The minimum Gasteiger partial charge on any atom is -0.507 e. The molecule has 0 aliphatic rings. The number of ether oxygens (including phenoxy) is 1. The van der Waals surface area contributed by atoms with Crippen molar-refractivity contribution in [1.82, 2.24) is 0 Å². The second-order valence-corrected chi connectivity index (χ2v) is 7.11. The van der Waals surface area contributed by atoms with Crippen LogP contribution in [0.5, 0.6) is 11.5 Å². The Labute approximate surface area is 165 Å². The first kappa shape index (κ1) is 22.6. The largest absolute Gasteiger partial charge is 0.507 e. The van der Waals surface area contributed by atoms with Crippen LogP contribution in [0.3, 0.4) is 0 Å². The lowest BCUT2D eigenvalue weighted by molar-refractivity contribution is 0.336. The molecule has 7 heteroatoms. The average molecular weight is 566 g/mol. The Balaban J connectivity index is 0.000000365. The summed E-state index contributed by atoms with van der Waals surface area (Å²) in [4.78, 5) is 0. The predicted molar refractivity (Wildman–Crippen MR) is 106 cm³/mol. The Morgan fingerprint density at radius 2 is 1.48 bits per heavy atom. The Hall–Kier alpha value is -0.410. The third-order valence-electron chi connectivity index (χ3n) is 2.10. The van der Waals surface area contributed by atoms with Crippen LogP contribution in [0.25, 0.3) is 0 Å². The van der Waals surface area contributed by atoms with E-state index in [0.717, 1.165) is 10.5 Å². The lowest BCUT2D eigenvalue weighted by atomic mass is 10.3. The molecule has 0 bridgehead atoms. The topological polar surface area (TPSA) is 29.5 Å². The van der Waals surface area contributed by atoms with E-state index in [2.05, 4.69) is 61.4 Å². The van der Waals surface area contributed by atoms with Crippen LogP contribution in [-0.2, 0) is 0 Å². The van der Waals surface area contributed by atoms with Crippen molar-refractivity contribution >= 4 is 54.5 Å². The molecule has 0 aliphatic heterocycles. The van der Waals surface area contributed by atoms with E-state index in [1.165, 1.54) is 28.7 Å². The van der Waals surface area contributed by atoms with Crippen LogP contribution in [0.2, 0.25) is 0 Å². The van der Waals surface area contributed by atoms with Crippen molar-refractivity contribution in [2.75, 3.05) is 11.0 Å². The highest BCUT2D eigenvalue weighted by Gasteiger charge is 2.00. The van der Waals surface area contributed by atoms with Gasteiger partial charge in [0.1, 0.15) is 23.1 Å². The summed E-state index contributed by atoms with van der Waals surface area (Å²) in [5.41, 5.74) is 0. The summed E-state index contributed by atoms with van der Waals surface area (Å²) in [7, 11) is 0. The molecule has 0 heterocycles. The van der Waals surface area contributed by atoms with E-state index >= 15 is 0 Å². The fourth-order valence-electron chi connectivity index (χ4n) is 1.23. The summed E-state index contributed by atoms with van der Waals surface area (Å²) in [5, 5.41) is 8.81. The molecule has 2 aromatic rings. The van der Waals surface area contributed by atoms with Gasteiger partial charge in [0, 0.05) is 12.1 Å². The highest BCUT2D eigenvalue weighted by molar-refractivity contribution is 14.1. The molecule has 0 saturated carbocycles. The second kappa shape index (κ2) is 12.9. The zero-order valence-electron chi connectivity index (χ0n) is 12.6. The maximum Gasteiger partial charge on any atom is 0.136 e. The van der Waals surface area contributed by atoms with Crippen molar-refractivity contribution in [2.24, 2.45) is 0 Å². The zero-order chi connectivity index (χ0) is 17.8. The third kappa shape index (κ3) is 10.1. The third-order valence-corrected chi connectivity index (χ3v) is 3.43. The van der Waals surface area contributed by atoms with Gasteiger partial charge in [-0.1, -0.05) is 29.5 Å². The predicted octanol–water partition coefficient (Wildman–Crippen LogP) is 6.72. The minimum absolute atomic E-state index is 0.0741. The first-order chi connectivity index (χ1) is 10.8. The molecular weight excluding hydrogens is 549 g/mol. The Morgan fingerprint density at radius 1 is 1.00 bits per heavy atom. The van der Waals surface area contributed by atoms with E-state index in [1.807, 2.05) is 6.92 Å². The number of phenols is 1. The molecule has 0 aliphatic carbocycles. The molecular formula is C16H17Br2F2IO2. The molecule has 0 atom stereocenters. The van der Waals surface area contributed by atoms with E-state index in [0.29, 0.717) is 16.8 Å². The molecule has 1 N–H and O–H groups in total. The van der Waals surface area contributed by atoms with Gasteiger partial charge in [-0.3, -0.25) is 0 Å². The number of hydrogen-bond donors (Lipinski definition) is 1. The molecule has 0 aromatic heterocycles. The standard InChI is InChI=1S/C8H8BrFO.C6H4BrFO.C2H5I/c1-2-11-8-5-6(10)3-4-7(8)9;7-5-2-1-4(8)3-6(5)9;1-2-3/h3-5H,2H2,1H3;1-3,9H;2H2,1H3. The van der Waals surface area contributed by atoms with E-state index in [4.69, 9.17) is 9.84 Å². The lowest BCUT2D eigenvalue weighted by Crippen LogP contribution is -1.92. The fourth-order valence-corrected chi connectivity index (χ4v) is 1.84. The molecule has 0 fully saturated rings. The molecule has 0 amide bonds. The van der Waals surface area contributed by atoms with Gasteiger partial charge in [-0.15, -0.1) is 0 Å². The van der Waals surface area contributed by atoms with Crippen LogP contribution in [-0.4, -0.2) is 16.1 Å². The maximum absolute atomic E-state index is 12.6.